The molecule has 1 unspecified atom stereocenters. The van der Waals surface area contributed by atoms with Gasteiger partial charge in [0.15, 0.2) is 11.3 Å². The Morgan fingerprint density at radius 2 is 2.08 bits per heavy atom. The number of carbonyl (C=O) groups is 1. The zero-order valence-electron chi connectivity index (χ0n) is 19.5. The van der Waals surface area contributed by atoms with Crippen molar-refractivity contribution in [3.63, 3.8) is 0 Å². The average molecular weight is 508 g/mol. The average Bonchev–Trinajstić information content (AvgIpc) is 3.18. The highest BCUT2D eigenvalue weighted by Gasteiger charge is 2.21. The number of aryl methyl sites for hydroxylation is 1. The number of ether oxygens (including phenoxy) is 1. The Bertz CT molecular complexity index is 1490. The molecule has 0 saturated heterocycles. The number of hydrogen-bond donors (Lipinski definition) is 1. The fourth-order valence-corrected chi connectivity index (χ4v) is 4.51. The number of fused-ring (bicyclic) bond motifs is 1. The van der Waals surface area contributed by atoms with Crippen molar-refractivity contribution in [1.82, 2.24) is 24.5 Å². The monoisotopic (exact) mass is 507 g/mol. The molecule has 8 nitrogen and oxygen atoms in total. The molecule has 3 aromatic heterocycles. The molecule has 0 aliphatic heterocycles. The van der Waals surface area contributed by atoms with Gasteiger partial charge in [0.1, 0.15) is 23.8 Å². The lowest BCUT2D eigenvalue weighted by Crippen LogP contribution is -2.12. The topological polar surface area (TPSA) is 103 Å². The van der Waals surface area contributed by atoms with E-state index in [0.29, 0.717) is 27.7 Å². The zero-order valence-corrected chi connectivity index (χ0v) is 20.2. The van der Waals surface area contributed by atoms with E-state index in [-0.39, 0.29) is 18.3 Å². The van der Waals surface area contributed by atoms with Gasteiger partial charge in [0, 0.05) is 30.3 Å². The Morgan fingerprint density at radius 3 is 2.83 bits per heavy atom. The number of aromatic carboxylic acids is 1. The number of allylic oxidation sites excluding steroid dienone is 2. The first-order chi connectivity index (χ1) is 17.4. The first-order valence-corrected chi connectivity index (χ1v) is 11.9. The van der Waals surface area contributed by atoms with E-state index in [9.17, 15) is 14.3 Å². The summed E-state index contributed by atoms with van der Waals surface area (Å²) in [6, 6.07) is 9.65. The highest BCUT2D eigenvalue weighted by molar-refractivity contribution is 6.30. The van der Waals surface area contributed by atoms with Gasteiger partial charge < -0.3 is 14.4 Å². The number of pyridine rings is 1. The summed E-state index contributed by atoms with van der Waals surface area (Å²) in [5.74, 6) is -0.207. The molecule has 1 N–H and O–H groups in total. The van der Waals surface area contributed by atoms with Crippen molar-refractivity contribution in [3.05, 3.63) is 82.3 Å². The number of carboxylic acid groups (broad SMARTS) is 1. The number of imidazole rings is 1. The van der Waals surface area contributed by atoms with Crippen LogP contribution in [0.2, 0.25) is 5.02 Å². The van der Waals surface area contributed by atoms with Gasteiger partial charge in [-0.3, -0.25) is 0 Å². The van der Waals surface area contributed by atoms with Gasteiger partial charge >= 0.3 is 12.0 Å². The lowest BCUT2D eigenvalue weighted by molar-refractivity contribution is 0.0691. The fraction of sp³-hybridized carbons (Fsp3) is 0.269. The minimum absolute atomic E-state index is 0.00814. The maximum atomic E-state index is 14.0. The van der Waals surface area contributed by atoms with Crippen molar-refractivity contribution < 1.29 is 19.0 Å². The Hall–Kier alpha value is -3.85. The van der Waals surface area contributed by atoms with Crippen molar-refractivity contribution in [1.29, 1.82) is 0 Å². The molecule has 3 heterocycles. The summed E-state index contributed by atoms with van der Waals surface area (Å²) in [7, 11) is 1.87. The summed E-state index contributed by atoms with van der Waals surface area (Å²) in [6.07, 6.45) is 7.26. The number of nitrogens with zero attached hydrogens (tertiary/aromatic N) is 5. The summed E-state index contributed by atoms with van der Waals surface area (Å²) in [5.41, 5.74) is 3.57. The van der Waals surface area contributed by atoms with Crippen LogP contribution in [0.3, 0.4) is 0 Å². The molecule has 0 spiro atoms. The molecule has 0 amide bonds. The summed E-state index contributed by atoms with van der Waals surface area (Å²) >= 11 is 5.80. The van der Waals surface area contributed by atoms with Crippen LogP contribution in [0.1, 0.15) is 46.8 Å². The first-order valence-electron chi connectivity index (χ1n) is 11.5. The number of benzene rings is 1. The van der Waals surface area contributed by atoms with Crippen molar-refractivity contribution in [2.75, 3.05) is 0 Å². The highest BCUT2D eigenvalue weighted by atomic mass is 35.5. The molecule has 10 heteroatoms. The summed E-state index contributed by atoms with van der Waals surface area (Å²) in [4.78, 5) is 28.8. The van der Waals surface area contributed by atoms with E-state index in [0.717, 1.165) is 42.8 Å². The number of rotatable bonds is 7. The van der Waals surface area contributed by atoms with Crippen LogP contribution in [-0.4, -0.2) is 35.6 Å². The van der Waals surface area contributed by atoms with Crippen LogP contribution < -0.4 is 4.74 Å². The quantitative estimate of drug-likeness (QED) is 0.364. The third-order valence-corrected chi connectivity index (χ3v) is 6.59. The van der Waals surface area contributed by atoms with E-state index in [4.69, 9.17) is 16.3 Å². The SMILES string of the molecule is Cn1c(CC2CC=C(c3ccnc(OCc4ccc(Cl)cc4F)n3)CC2)nc2ccc(C(=O)O)nc21. The smallest absolute Gasteiger partial charge is 0.354 e. The van der Waals surface area contributed by atoms with E-state index >= 15 is 0 Å². The second-order valence-electron chi connectivity index (χ2n) is 8.75. The lowest BCUT2D eigenvalue weighted by atomic mass is 9.86. The summed E-state index contributed by atoms with van der Waals surface area (Å²) in [6.45, 7) is 0.00834. The van der Waals surface area contributed by atoms with Gasteiger partial charge in [0.2, 0.25) is 0 Å². The summed E-state index contributed by atoms with van der Waals surface area (Å²) < 4.78 is 21.5. The van der Waals surface area contributed by atoms with Gasteiger partial charge in [0.05, 0.1) is 5.69 Å². The molecular formula is C26H23ClFN5O3. The molecule has 1 aliphatic rings. The largest absolute Gasteiger partial charge is 0.477 e. The van der Waals surface area contributed by atoms with Gasteiger partial charge in [-0.25, -0.2) is 24.1 Å². The minimum atomic E-state index is -1.06. The normalized spacial score (nSPS) is 15.6. The molecule has 1 atom stereocenters. The van der Waals surface area contributed by atoms with Gasteiger partial charge in [-0.05, 0) is 61.1 Å². The first kappa shape index (κ1) is 23.9. The van der Waals surface area contributed by atoms with Crippen molar-refractivity contribution in [2.45, 2.75) is 32.3 Å². The molecule has 5 rings (SSSR count). The molecule has 0 saturated carbocycles. The predicted octanol–water partition coefficient (Wildman–Crippen LogP) is 5.25. The van der Waals surface area contributed by atoms with E-state index in [1.54, 1.807) is 24.4 Å². The Labute approximate surface area is 211 Å². The predicted molar refractivity (Wildman–Crippen MR) is 132 cm³/mol. The van der Waals surface area contributed by atoms with Crippen LogP contribution in [0.15, 0.2) is 48.7 Å². The third-order valence-electron chi connectivity index (χ3n) is 6.35. The molecular weight excluding hydrogens is 485 g/mol. The van der Waals surface area contributed by atoms with E-state index in [1.165, 1.54) is 12.1 Å². The standard InChI is InChI=1S/C26H23ClFN5O3/c1-33-23(30-21-8-9-22(25(34)35)31-24(21)33)12-15-2-4-16(5-3-15)20-10-11-29-26(32-20)36-14-17-6-7-18(27)13-19(17)28/h4,6-11,13,15H,2-3,5,12,14H2,1H3,(H,34,35). The fourth-order valence-electron chi connectivity index (χ4n) is 4.35. The maximum absolute atomic E-state index is 14.0. The number of aromatic nitrogens is 5. The molecule has 0 bridgehead atoms. The third kappa shape index (κ3) is 5.06. The maximum Gasteiger partial charge on any atom is 0.354 e. The second kappa shape index (κ2) is 10.0. The zero-order chi connectivity index (χ0) is 25.2. The molecule has 1 aliphatic carbocycles. The van der Waals surface area contributed by atoms with Crippen molar-refractivity contribution in [3.8, 4) is 6.01 Å². The van der Waals surface area contributed by atoms with E-state index in [2.05, 4.69) is 26.0 Å². The van der Waals surface area contributed by atoms with Crippen LogP contribution in [0.4, 0.5) is 4.39 Å². The number of halogens is 2. The number of carboxylic acids is 1. The second-order valence-corrected chi connectivity index (χ2v) is 9.19. The molecule has 4 aromatic rings. The number of hydrogen-bond acceptors (Lipinski definition) is 6. The van der Waals surface area contributed by atoms with Crippen LogP contribution in [0.25, 0.3) is 16.7 Å². The molecule has 184 valence electrons. The Balaban J connectivity index is 1.24. The molecule has 0 fully saturated rings. The van der Waals surface area contributed by atoms with Gasteiger partial charge in [0.25, 0.3) is 0 Å². The van der Waals surface area contributed by atoms with Crippen molar-refractivity contribution >= 4 is 34.3 Å². The lowest BCUT2D eigenvalue weighted by Gasteiger charge is -2.21. The van der Waals surface area contributed by atoms with E-state index < -0.39 is 11.8 Å². The van der Waals surface area contributed by atoms with E-state index in [1.807, 2.05) is 17.7 Å². The van der Waals surface area contributed by atoms with Gasteiger partial charge in [-0.15, -0.1) is 0 Å². The van der Waals surface area contributed by atoms with Crippen LogP contribution in [0, 0.1) is 11.7 Å². The molecule has 0 radical (unpaired) electrons. The molecule has 36 heavy (non-hydrogen) atoms. The van der Waals surface area contributed by atoms with Crippen LogP contribution in [-0.2, 0) is 20.1 Å². The van der Waals surface area contributed by atoms with Crippen LogP contribution in [0.5, 0.6) is 6.01 Å². The Kier molecular flexibility index (Phi) is 6.65. The van der Waals surface area contributed by atoms with Crippen molar-refractivity contribution in [2.24, 2.45) is 13.0 Å². The summed E-state index contributed by atoms with van der Waals surface area (Å²) in [5, 5.41) is 9.54. The minimum Gasteiger partial charge on any atom is -0.477 e. The highest BCUT2D eigenvalue weighted by Crippen LogP contribution is 2.32. The van der Waals surface area contributed by atoms with Crippen LogP contribution >= 0.6 is 11.6 Å². The van der Waals surface area contributed by atoms with Gasteiger partial charge in [-0.1, -0.05) is 23.7 Å². The Morgan fingerprint density at radius 1 is 1.22 bits per heavy atom. The van der Waals surface area contributed by atoms with Gasteiger partial charge in [-0.2, -0.15) is 4.98 Å². The molecule has 1 aromatic carbocycles.